The summed E-state index contributed by atoms with van der Waals surface area (Å²) in [5, 5.41) is 1.91. The highest BCUT2D eigenvalue weighted by molar-refractivity contribution is 7.11. The summed E-state index contributed by atoms with van der Waals surface area (Å²) in [6, 6.07) is 9.55. The monoisotopic (exact) mass is 244 g/mol. The number of carbonyl (C=O) groups is 1. The van der Waals surface area contributed by atoms with Crippen molar-refractivity contribution in [3.05, 3.63) is 47.0 Å². The molecule has 4 nitrogen and oxygen atoms in total. The smallest absolute Gasteiger partial charge is 0.381 e. The van der Waals surface area contributed by atoms with E-state index < -0.39 is 6.09 Å². The van der Waals surface area contributed by atoms with E-state index in [9.17, 15) is 4.79 Å². The van der Waals surface area contributed by atoms with Crippen LogP contribution in [0.15, 0.2) is 35.7 Å². The van der Waals surface area contributed by atoms with Crippen LogP contribution < -0.4 is 10.5 Å². The molecule has 17 heavy (non-hydrogen) atoms. The van der Waals surface area contributed by atoms with Gasteiger partial charge >= 0.3 is 6.09 Å². The third kappa shape index (κ3) is 3.33. The lowest BCUT2D eigenvalue weighted by Crippen LogP contribution is -2.15. The summed E-state index contributed by atoms with van der Waals surface area (Å²) in [6.07, 6.45) is -0.873. The second kappa shape index (κ2) is 5.14. The van der Waals surface area contributed by atoms with Gasteiger partial charge in [0, 0.05) is 10.9 Å². The van der Waals surface area contributed by atoms with Gasteiger partial charge in [0.1, 0.15) is 5.69 Å². The van der Waals surface area contributed by atoms with E-state index in [0.717, 1.165) is 5.56 Å². The fraction of sp³-hybridized carbons (Fsp3) is 0. The van der Waals surface area contributed by atoms with Gasteiger partial charge in [-0.25, -0.2) is 4.79 Å². The number of hydrogen-bond donors (Lipinski definition) is 1. The quantitative estimate of drug-likeness (QED) is 0.780. The first-order chi connectivity index (χ1) is 8.24. The van der Waals surface area contributed by atoms with Gasteiger partial charge in [0.25, 0.3) is 5.19 Å². The molecule has 84 valence electrons. The molecular formula is C12H8N2O2S. The van der Waals surface area contributed by atoms with E-state index in [-0.39, 0.29) is 5.19 Å². The summed E-state index contributed by atoms with van der Waals surface area (Å²) >= 11 is 1.18. The van der Waals surface area contributed by atoms with Crippen molar-refractivity contribution < 1.29 is 9.53 Å². The summed E-state index contributed by atoms with van der Waals surface area (Å²) < 4.78 is 4.63. The number of thiazole rings is 1. The van der Waals surface area contributed by atoms with Gasteiger partial charge in [-0.15, -0.1) is 0 Å². The molecule has 0 aliphatic heterocycles. The van der Waals surface area contributed by atoms with Crippen molar-refractivity contribution in [3.63, 3.8) is 0 Å². The van der Waals surface area contributed by atoms with Crippen LogP contribution in [0.2, 0.25) is 0 Å². The normalized spacial score (nSPS) is 9.18. The van der Waals surface area contributed by atoms with Crippen molar-refractivity contribution in [2.45, 2.75) is 0 Å². The zero-order valence-electron chi connectivity index (χ0n) is 8.71. The Bertz CT molecular complexity index is 581. The number of benzene rings is 1. The fourth-order valence-corrected chi connectivity index (χ4v) is 1.71. The van der Waals surface area contributed by atoms with Gasteiger partial charge in [0.2, 0.25) is 0 Å². The predicted molar refractivity (Wildman–Crippen MR) is 64.7 cm³/mol. The van der Waals surface area contributed by atoms with E-state index in [2.05, 4.69) is 21.6 Å². The maximum Gasteiger partial charge on any atom is 0.411 e. The molecule has 0 saturated heterocycles. The summed E-state index contributed by atoms with van der Waals surface area (Å²) in [6.45, 7) is 0. The molecule has 0 bridgehead atoms. The zero-order valence-corrected chi connectivity index (χ0v) is 9.53. The van der Waals surface area contributed by atoms with Gasteiger partial charge in [-0.2, -0.15) is 4.98 Å². The Labute approximate surface area is 102 Å². The second-order valence-corrected chi connectivity index (χ2v) is 3.86. The number of hydrogen-bond acceptors (Lipinski definition) is 4. The number of aromatic nitrogens is 1. The van der Waals surface area contributed by atoms with Crippen LogP contribution in [0.4, 0.5) is 4.79 Å². The van der Waals surface area contributed by atoms with Crippen LogP contribution in [0.1, 0.15) is 11.3 Å². The number of nitrogens with zero attached hydrogens (tertiary/aromatic N) is 1. The van der Waals surface area contributed by atoms with Gasteiger partial charge in [-0.3, -0.25) is 0 Å². The highest BCUT2D eigenvalue weighted by Crippen LogP contribution is 2.17. The maximum absolute atomic E-state index is 10.5. The van der Waals surface area contributed by atoms with Crippen LogP contribution in [-0.4, -0.2) is 11.1 Å². The first-order valence-electron chi connectivity index (χ1n) is 4.74. The van der Waals surface area contributed by atoms with Gasteiger partial charge in [-0.1, -0.05) is 35.5 Å². The minimum absolute atomic E-state index is 0.204. The first-order valence-corrected chi connectivity index (χ1v) is 5.62. The van der Waals surface area contributed by atoms with Crippen molar-refractivity contribution in [2.75, 3.05) is 0 Å². The van der Waals surface area contributed by atoms with Crippen LogP contribution >= 0.6 is 11.3 Å². The average Bonchev–Trinajstić information content (AvgIpc) is 2.75. The Morgan fingerprint density at radius 3 is 2.76 bits per heavy atom. The van der Waals surface area contributed by atoms with Gasteiger partial charge in [0.15, 0.2) is 0 Å². The Kier molecular flexibility index (Phi) is 3.38. The summed E-state index contributed by atoms with van der Waals surface area (Å²) in [5.41, 5.74) is 6.32. The lowest BCUT2D eigenvalue weighted by molar-refractivity contribution is 0.210. The molecule has 0 aliphatic carbocycles. The van der Waals surface area contributed by atoms with Gasteiger partial charge in [-0.05, 0) is 18.1 Å². The Morgan fingerprint density at radius 2 is 2.06 bits per heavy atom. The van der Waals surface area contributed by atoms with Crippen molar-refractivity contribution in [3.8, 4) is 17.0 Å². The largest absolute Gasteiger partial charge is 0.411 e. The number of ether oxygens (including phenoxy) is 1. The van der Waals surface area contributed by atoms with Crippen LogP contribution in [0.25, 0.3) is 0 Å². The van der Waals surface area contributed by atoms with Gasteiger partial charge < -0.3 is 10.5 Å². The van der Waals surface area contributed by atoms with Crippen molar-refractivity contribution in [2.24, 2.45) is 5.73 Å². The number of primary amides is 1. The topological polar surface area (TPSA) is 65.2 Å². The molecule has 2 aromatic rings. The SMILES string of the molecule is NC(=O)Oc1nc(C#Cc2ccccc2)cs1. The summed E-state index contributed by atoms with van der Waals surface area (Å²) in [7, 11) is 0. The number of rotatable bonds is 1. The zero-order chi connectivity index (χ0) is 12.1. The molecule has 1 heterocycles. The van der Waals surface area contributed by atoms with Crippen LogP contribution in [0, 0.1) is 11.8 Å². The molecule has 2 N–H and O–H groups in total. The average molecular weight is 244 g/mol. The fourth-order valence-electron chi connectivity index (χ4n) is 1.11. The van der Waals surface area contributed by atoms with E-state index in [1.54, 1.807) is 5.38 Å². The number of nitrogens with two attached hydrogens (primary N) is 1. The lowest BCUT2D eigenvalue weighted by atomic mass is 10.2. The van der Waals surface area contributed by atoms with Crippen molar-refractivity contribution in [1.82, 2.24) is 4.98 Å². The van der Waals surface area contributed by atoms with E-state index in [1.165, 1.54) is 11.3 Å². The minimum atomic E-state index is -0.873. The van der Waals surface area contributed by atoms with Gasteiger partial charge in [0.05, 0.1) is 0 Å². The molecule has 1 amide bonds. The molecule has 0 radical (unpaired) electrons. The predicted octanol–water partition coefficient (Wildman–Crippen LogP) is 2.00. The molecular weight excluding hydrogens is 236 g/mol. The first kappa shape index (κ1) is 11.2. The second-order valence-electron chi connectivity index (χ2n) is 3.04. The van der Waals surface area contributed by atoms with Crippen molar-refractivity contribution >= 4 is 17.4 Å². The van der Waals surface area contributed by atoms with E-state index in [0.29, 0.717) is 5.69 Å². The third-order valence-electron chi connectivity index (χ3n) is 1.78. The molecule has 1 aromatic carbocycles. The van der Waals surface area contributed by atoms with E-state index >= 15 is 0 Å². The number of carbonyl (C=O) groups excluding carboxylic acids is 1. The highest BCUT2D eigenvalue weighted by Gasteiger charge is 2.03. The summed E-state index contributed by atoms with van der Waals surface area (Å²) in [5.74, 6) is 5.82. The third-order valence-corrected chi connectivity index (χ3v) is 2.50. The molecule has 0 atom stereocenters. The lowest BCUT2D eigenvalue weighted by Gasteiger charge is -1.90. The van der Waals surface area contributed by atoms with Crippen LogP contribution in [0.5, 0.6) is 5.19 Å². The van der Waals surface area contributed by atoms with Crippen LogP contribution in [-0.2, 0) is 0 Å². The Morgan fingerprint density at radius 1 is 1.29 bits per heavy atom. The molecule has 2 rings (SSSR count). The molecule has 1 aromatic heterocycles. The molecule has 0 spiro atoms. The number of amides is 1. The standard InChI is InChI=1S/C12H8N2O2S/c13-11(15)16-12-14-10(8-17-12)7-6-9-4-2-1-3-5-9/h1-5,8H,(H2,13,15). The Balaban J connectivity index is 2.12. The molecule has 5 heteroatoms. The van der Waals surface area contributed by atoms with Crippen LogP contribution in [0.3, 0.4) is 0 Å². The van der Waals surface area contributed by atoms with E-state index in [1.807, 2.05) is 30.3 Å². The molecule has 0 unspecified atom stereocenters. The molecule has 0 saturated carbocycles. The molecule has 0 fully saturated rings. The Hall–Kier alpha value is -2.32. The molecule has 0 aliphatic rings. The maximum atomic E-state index is 10.5. The minimum Gasteiger partial charge on any atom is -0.381 e. The van der Waals surface area contributed by atoms with Crippen molar-refractivity contribution in [1.29, 1.82) is 0 Å². The summed E-state index contributed by atoms with van der Waals surface area (Å²) in [4.78, 5) is 14.5. The highest BCUT2D eigenvalue weighted by atomic mass is 32.1. The van der Waals surface area contributed by atoms with E-state index in [4.69, 9.17) is 5.73 Å².